The Morgan fingerprint density at radius 3 is 2.25 bits per heavy atom. The maximum absolute atomic E-state index is 12.2. The molecule has 3 nitrogen and oxygen atoms in total. The minimum atomic E-state index is -0.743. The van der Waals surface area contributed by atoms with Gasteiger partial charge in [-0.2, -0.15) is 0 Å². The summed E-state index contributed by atoms with van der Waals surface area (Å²) in [6.45, 7) is 11.6. The molecule has 0 aromatic heterocycles. The number of benzene rings is 1. The van der Waals surface area contributed by atoms with Gasteiger partial charge in [-0.1, -0.05) is 57.5 Å². The molecule has 0 bridgehead atoms. The second-order valence-electron chi connectivity index (χ2n) is 13.1. The predicted octanol–water partition coefficient (Wildman–Crippen LogP) is 6.29. The van der Waals surface area contributed by atoms with Crippen LogP contribution in [0.3, 0.4) is 0 Å². The molecule has 4 aliphatic carbocycles. The van der Waals surface area contributed by atoms with Crippen molar-refractivity contribution in [1.82, 2.24) is 0 Å². The van der Waals surface area contributed by atoms with Gasteiger partial charge in [0.05, 0.1) is 17.8 Å². The molecule has 1 N–H and O–H groups in total. The van der Waals surface area contributed by atoms with Crippen molar-refractivity contribution < 1.29 is 14.6 Å². The highest BCUT2D eigenvalue weighted by Gasteiger charge is 2.70. The number of aliphatic hydroxyl groups is 1. The molecule has 1 saturated heterocycles. The van der Waals surface area contributed by atoms with Crippen LogP contribution in [0.4, 0.5) is 0 Å². The van der Waals surface area contributed by atoms with Crippen LogP contribution < -0.4 is 0 Å². The van der Waals surface area contributed by atoms with E-state index in [1.54, 1.807) is 0 Å². The molecule has 4 saturated carbocycles. The lowest BCUT2D eigenvalue weighted by Crippen LogP contribution is -2.63. The number of fused-ring (bicyclic) bond motifs is 8. The molecule has 1 heterocycles. The van der Waals surface area contributed by atoms with Gasteiger partial charge in [0.2, 0.25) is 0 Å². The second-order valence-corrected chi connectivity index (χ2v) is 13.1. The zero-order valence-electron chi connectivity index (χ0n) is 20.6. The summed E-state index contributed by atoms with van der Waals surface area (Å²) in [5, 5.41) is 12.2. The van der Waals surface area contributed by atoms with Crippen molar-refractivity contribution in [2.24, 2.45) is 40.4 Å². The summed E-state index contributed by atoms with van der Waals surface area (Å²) >= 11 is 0. The van der Waals surface area contributed by atoms with Crippen molar-refractivity contribution in [3.63, 3.8) is 0 Å². The highest BCUT2D eigenvalue weighted by molar-refractivity contribution is 5.30. The van der Waals surface area contributed by atoms with E-state index in [-0.39, 0.29) is 17.6 Å². The molecular formula is C29H42O3. The average Bonchev–Trinajstić information content (AvgIpc) is 3.23. The van der Waals surface area contributed by atoms with Crippen LogP contribution in [0.5, 0.6) is 0 Å². The highest BCUT2D eigenvalue weighted by Crippen LogP contribution is 2.71. The fourth-order valence-electron chi connectivity index (χ4n) is 9.59. The van der Waals surface area contributed by atoms with Gasteiger partial charge in [-0.3, -0.25) is 0 Å². The van der Waals surface area contributed by atoms with E-state index < -0.39 is 11.4 Å². The Labute approximate surface area is 194 Å². The molecule has 1 aliphatic heterocycles. The summed E-state index contributed by atoms with van der Waals surface area (Å²) in [5.41, 5.74) is 0.584. The summed E-state index contributed by atoms with van der Waals surface area (Å²) in [6, 6.07) is 10.5. The first-order chi connectivity index (χ1) is 15.1. The molecule has 3 heteroatoms. The number of hydrogen-bond donors (Lipinski definition) is 1. The van der Waals surface area contributed by atoms with Crippen LogP contribution in [-0.2, 0) is 15.1 Å². The Hall–Kier alpha value is -0.900. The molecule has 0 radical (unpaired) electrons. The summed E-state index contributed by atoms with van der Waals surface area (Å²) in [4.78, 5) is 0. The predicted molar refractivity (Wildman–Crippen MR) is 126 cm³/mol. The van der Waals surface area contributed by atoms with Crippen LogP contribution in [0.15, 0.2) is 30.3 Å². The SMILES string of the molecule is C[C@H]1CC[C@]2(C)C3CC[C@@]4(C)[C@@H](CC[C@@]4(O)c4ccccc4)C3[C@H]3OC(C)(C)O[C@@H]3[C@H]2C1. The third kappa shape index (κ3) is 2.71. The Balaban J connectivity index is 1.43. The molecule has 5 fully saturated rings. The summed E-state index contributed by atoms with van der Waals surface area (Å²) in [6.07, 6.45) is 8.58. The van der Waals surface area contributed by atoms with Crippen molar-refractivity contribution in [3.8, 4) is 0 Å². The lowest BCUT2D eigenvalue weighted by molar-refractivity contribution is -0.202. The van der Waals surface area contributed by atoms with Crippen LogP contribution in [-0.4, -0.2) is 23.1 Å². The van der Waals surface area contributed by atoms with Crippen LogP contribution >= 0.6 is 0 Å². The average molecular weight is 439 g/mol. The van der Waals surface area contributed by atoms with Crippen molar-refractivity contribution >= 4 is 0 Å². The summed E-state index contributed by atoms with van der Waals surface area (Å²) in [7, 11) is 0. The second kappa shape index (κ2) is 6.83. The molecule has 1 aromatic carbocycles. The van der Waals surface area contributed by atoms with Crippen LogP contribution in [0, 0.1) is 40.4 Å². The van der Waals surface area contributed by atoms with Gasteiger partial charge < -0.3 is 14.6 Å². The van der Waals surface area contributed by atoms with Gasteiger partial charge in [0, 0.05) is 5.41 Å². The van der Waals surface area contributed by atoms with Gasteiger partial charge in [0.25, 0.3) is 0 Å². The molecule has 2 unspecified atom stereocenters. The molecule has 176 valence electrons. The van der Waals surface area contributed by atoms with E-state index >= 15 is 0 Å². The van der Waals surface area contributed by atoms with E-state index in [0.29, 0.717) is 29.1 Å². The maximum atomic E-state index is 12.2. The van der Waals surface area contributed by atoms with Crippen molar-refractivity contribution in [2.45, 2.75) is 103 Å². The van der Waals surface area contributed by atoms with Gasteiger partial charge >= 0.3 is 0 Å². The first-order valence-electron chi connectivity index (χ1n) is 13.2. The van der Waals surface area contributed by atoms with Crippen molar-refractivity contribution in [3.05, 3.63) is 35.9 Å². The topological polar surface area (TPSA) is 38.7 Å². The van der Waals surface area contributed by atoms with Gasteiger partial charge in [-0.05, 0) is 92.9 Å². The first kappa shape index (κ1) is 21.6. The van der Waals surface area contributed by atoms with Crippen LogP contribution in [0.25, 0.3) is 0 Å². The van der Waals surface area contributed by atoms with Crippen LogP contribution in [0.2, 0.25) is 0 Å². The first-order valence-corrected chi connectivity index (χ1v) is 13.2. The quantitative estimate of drug-likeness (QED) is 0.560. The number of ether oxygens (including phenoxy) is 2. The molecule has 0 spiro atoms. The zero-order valence-corrected chi connectivity index (χ0v) is 20.6. The van der Waals surface area contributed by atoms with E-state index in [1.165, 1.54) is 25.7 Å². The fraction of sp³-hybridized carbons (Fsp3) is 0.793. The van der Waals surface area contributed by atoms with Gasteiger partial charge in [-0.25, -0.2) is 0 Å². The lowest BCUT2D eigenvalue weighted by Gasteiger charge is -2.64. The minimum Gasteiger partial charge on any atom is -0.385 e. The van der Waals surface area contributed by atoms with Crippen molar-refractivity contribution in [1.29, 1.82) is 0 Å². The van der Waals surface area contributed by atoms with E-state index in [9.17, 15) is 5.11 Å². The molecule has 32 heavy (non-hydrogen) atoms. The van der Waals surface area contributed by atoms with Crippen LogP contribution in [0.1, 0.15) is 85.1 Å². The fourth-order valence-corrected chi connectivity index (χ4v) is 9.59. The Morgan fingerprint density at radius 1 is 0.812 bits per heavy atom. The van der Waals surface area contributed by atoms with Gasteiger partial charge in [0.1, 0.15) is 0 Å². The lowest BCUT2D eigenvalue weighted by atomic mass is 9.42. The third-order valence-corrected chi connectivity index (χ3v) is 11.2. The van der Waals surface area contributed by atoms with E-state index in [1.807, 2.05) is 0 Å². The summed E-state index contributed by atoms with van der Waals surface area (Å²) < 4.78 is 13.5. The molecule has 5 aliphatic rings. The molecule has 6 rings (SSSR count). The molecule has 1 aromatic rings. The maximum Gasteiger partial charge on any atom is 0.163 e. The monoisotopic (exact) mass is 438 g/mol. The largest absolute Gasteiger partial charge is 0.385 e. The normalized spacial score (nSPS) is 53.8. The molecule has 10 atom stereocenters. The zero-order chi connectivity index (χ0) is 22.5. The number of rotatable bonds is 1. The van der Waals surface area contributed by atoms with E-state index in [4.69, 9.17) is 9.47 Å². The van der Waals surface area contributed by atoms with Gasteiger partial charge in [0.15, 0.2) is 5.79 Å². The smallest absolute Gasteiger partial charge is 0.163 e. The molecule has 0 amide bonds. The Kier molecular flexibility index (Phi) is 4.61. The van der Waals surface area contributed by atoms with E-state index in [0.717, 1.165) is 30.7 Å². The number of hydrogen-bond acceptors (Lipinski definition) is 3. The highest BCUT2D eigenvalue weighted by atomic mass is 16.8. The Morgan fingerprint density at radius 2 is 1.50 bits per heavy atom. The van der Waals surface area contributed by atoms with E-state index in [2.05, 4.69) is 65.0 Å². The molecular weight excluding hydrogens is 396 g/mol. The minimum absolute atomic E-state index is 0.110. The van der Waals surface area contributed by atoms with Crippen molar-refractivity contribution in [2.75, 3.05) is 0 Å². The standard InChI is InChI=1S/C29H42O3/c1-18-11-14-27(4)20-12-15-28(5)21(13-16-29(28,30)19-9-7-6-8-10-19)23(20)25-24(22(27)17-18)31-26(2,3)32-25/h6-10,18,20-25,30H,11-17H2,1-5H3/t18-,20?,21-,22+,23?,24+,25+,27+,28-,29+/m0/s1. The summed E-state index contributed by atoms with van der Waals surface area (Å²) in [5.74, 6) is 2.50. The Bertz CT molecular complexity index is 882. The third-order valence-electron chi connectivity index (χ3n) is 11.2. The van der Waals surface area contributed by atoms with Gasteiger partial charge in [-0.15, -0.1) is 0 Å².